The molecule has 1 aromatic rings. The van der Waals surface area contributed by atoms with E-state index in [-0.39, 0.29) is 6.10 Å². The van der Waals surface area contributed by atoms with Crippen molar-refractivity contribution in [3.05, 3.63) is 29.3 Å². The summed E-state index contributed by atoms with van der Waals surface area (Å²) in [5.74, 6) is 0.951. The van der Waals surface area contributed by atoms with Gasteiger partial charge in [-0.3, -0.25) is 0 Å². The molecular weight excluding hydrogens is 224 g/mol. The lowest BCUT2D eigenvalue weighted by atomic mass is 9.96. The zero-order valence-corrected chi connectivity index (χ0v) is 11.3. The zero-order chi connectivity index (χ0) is 12.8. The molecule has 0 spiro atoms. The maximum Gasteiger partial charge on any atom is 0.128 e. The molecule has 0 saturated heterocycles. The fourth-order valence-corrected chi connectivity index (χ4v) is 2.60. The summed E-state index contributed by atoms with van der Waals surface area (Å²) < 4.78 is 5.74. The molecule has 0 radical (unpaired) electrons. The molecule has 0 saturated carbocycles. The van der Waals surface area contributed by atoms with Gasteiger partial charge in [0.1, 0.15) is 5.75 Å². The minimum absolute atomic E-state index is 0.366. The Morgan fingerprint density at radius 2 is 2.17 bits per heavy atom. The van der Waals surface area contributed by atoms with Crippen LogP contribution in [0.15, 0.2) is 18.2 Å². The number of ether oxygens (including phenoxy) is 1. The first-order valence-corrected chi connectivity index (χ1v) is 7.25. The third-order valence-corrected chi connectivity index (χ3v) is 3.65. The number of fused-ring (bicyclic) bond motifs is 1. The first kappa shape index (κ1) is 13.4. The Morgan fingerprint density at radius 1 is 1.28 bits per heavy atom. The number of para-hydroxylation sites is 1. The third kappa shape index (κ3) is 3.26. The Hall–Kier alpha value is -1.02. The van der Waals surface area contributed by atoms with E-state index in [1.807, 2.05) is 12.1 Å². The fraction of sp³-hybridized carbons (Fsp3) is 0.625. The van der Waals surface area contributed by atoms with Gasteiger partial charge in [0.15, 0.2) is 0 Å². The van der Waals surface area contributed by atoms with Crippen molar-refractivity contribution in [2.24, 2.45) is 0 Å². The molecule has 100 valence electrons. The van der Waals surface area contributed by atoms with Gasteiger partial charge in [0, 0.05) is 5.56 Å². The summed E-state index contributed by atoms with van der Waals surface area (Å²) in [5, 5.41) is 10.3. The first-order chi connectivity index (χ1) is 8.83. The van der Waals surface area contributed by atoms with Gasteiger partial charge in [-0.1, -0.05) is 50.8 Å². The van der Waals surface area contributed by atoms with Crippen LogP contribution in [0.2, 0.25) is 0 Å². The van der Waals surface area contributed by atoms with Crippen LogP contribution >= 0.6 is 0 Å². The number of unbranched alkanes of at least 4 members (excludes halogenated alkanes) is 3. The van der Waals surface area contributed by atoms with Crippen LogP contribution in [0.25, 0.3) is 0 Å². The van der Waals surface area contributed by atoms with Crippen molar-refractivity contribution in [3.8, 4) is 5.75 Å². The lowest BCUT2D eigenvalue weighted by Crippen LogP contribution is -2.12. The van der Waals surface area contributed by atoms with Gasteiger partial charge in [0.25, 0.3) is 0 Å². The van der Waals surface area contributed by atoms with Gasteiger partial charge < -0.3 is 9.84 Å². The summed E-state index contributed by atoms with van der Waals surface area (Å²) in [7, 11) is 0. The minimum Gasteiger partial charge on any atom is -0.493 e. The van der Waals surface area contributed by atoms with Crippen molar-refractivity contribution >= 4 is 0 Å². The molecule has 1 N–H and O–H groups in total. The van der Waals surface area contributed by atoms with Crippen molar-refractivity contribution in [2.45, 2.75) is 58.0 Å². The Bertz CT molecular complexity index is 373. The molecule has 0 aromatic heterocycles. The highest BCUT2D eigenvalue weighted by Gasteiger charge is 2.18. The van der Waals surface area contributed by atoms with Crippen molar-refractivity contribution < 1.29 is 9.84 Å². The molecule has 0 bridgehead atoms. The SMILES string of the molecule is CCCCCCC(O)c1cccc2c1OCCC2. The molecule has 1 atom stereocenters. The van der Waals surface area contributed by atoms with E-state index < -0.39 is 0 Å². The van der Waals surface area contributed by atoms with Crippen molar-refractivity contribution in [1.82, 2.24) is 0 Å². The quantitative estimate of drug-likeness (QED) is 0.771. The van der Waals surface area contributed by atoms with Crippen LogP contribution in [0.1, 0.15) is 62.7 Å². The molecule has 1 heterocycles. The summed E-state index contributed by atoms with van der Waals surface area (Å²) in [6.45, 7) is 2.99. The molecule has 2 nitrogen and oxygen atoms in total. The number of aliphatic hydroxyl groups excluding tert-OH is 1. The number of aliphatic hydroxyl groups is 1. The maximum absolute atomic E-state index is 10.3. The second-order valence-corrected chi connectivity index (χ2v) is 5.15. The van der Waals surface area contributed by atoms with Gasteiger partial charge in [-0.2, -0.15) is 0 Å². The monoisotopic (exact) mass is 248 g/mol. The minimum atomic E-state index is -0.366. The largest absolute Gasteiger partial charge is 0.493 e. The average Bonchev–Trinajstić information content (AvgIpc) is 2.43. The van der Waals surface area contributed by atoms with E-state index in [0.29, 0.717) is 0 Å². The van der Waals surface area contributed by atoms with Crippen LogP contribution in [0.4, 0.5) is 0 Å². The van der Waals surface area contributed by atoms with Gasteiger partial charge in [-0.05, 0) is 24.8 Å². The topological polar surface area (TPSA) is 29.5 Å². The van der Waals surface area contributed by atoms with E-state index in [2.05, 4.69) is 13.0 Å². The van der Waals surface area contributed by atoms with E-state index in [1.54, 1.807) is 0 Å². The van der Waals surface area contributed by atoms with Crippen LogP contribution in [0.5, 0.6) is 5.75 Å². The molecule has 18 heavy (non-hydrogen) atoms. The van der Waals surface area contributed by atoms with E-state index in [9.17, 15) is 5.11 Å². The third-order valence-electron chi connectivity index (χ3n) is 3.65. The summed E-state index contributed by atoms with van der Waals surface area (Å²) in [4.78, 5) is 0. The maximum atomic E-state index is 10.3. The Balaban J connectivity index is 1.99. The number of hydrogen-bond donors (Lipinski definition) is 1. The van der Waals surface area contributed by atoms with E-state index in [4.69, 9.17) is 4.74 Å². The van der Waals surface area contributed by atoms with E-state index in [1.165, 1.54) is 24.8 Å². The zero-order valence-electron chi connectivity index (χ0n) is 11.3. The second-order valence-electron chi connectivity index (χ2n) is 5.15. The molecule has 0 amide bonds. The number of benzene rings is 1. The van der Waals surface area contributed by atoms with Gasteiger partial charge in [0.2, 0.25) is 0 Å². The lowest BCUT2D eigenvalue weighted by Gasteiger charge is -2.22. The van der Waals surface area contributed by atoms with Crippen molar-refractivity contribution in [2.75, 3.05) is 6.61 Å². The van der Waals surface area contributed by atoms with Crippen LogP contribution in [0.3, 0.4) is 0 Å². The fourth-order valence-electron chi connectivity index (χ4n) is 2.60. The highest BCUT2D eigenvalue weighted by atomic mass is 16.5. The summed E-state index contributed by atoms with van der Waals surface area (Å²) in [5.41, 5.74) is 2.25. The van der Waals surface area contributed by atoms with Crippen molar-refractivity contribution in [1.29, 1.82) is 0 Å². The summed E-state index contributed by atoms with van der Waals surface area (Å²) in [6.07, 6.45) is 7.45. The van der Waals surface area contributed by atoms with Crippen LogP contribution in [-0.2, 0) is 6.42 Å². The smallest absolute Gasteiger partial charge is 0.128 e. The summed E-state index contributed by atoms with van der Waals surface area (Å²) >= 11 is 0. The molecule has 1 unspecified atom stereocenters. The number of aryl methyl sites for hydroxylation is 1. The lowest BCUT2D eigenvalue weighted by molar-refractivity contribution is 0.155. The molecule has 1 aliphatic rings. The molecule has 1 aromatic carbocycles. The molecular formula is C16H24O2. The Morgan fingerprint density at radius 3 is 3.00 bits per heavy atom. The molecule has 2 heteroatoms. The van der Waals surface area contributed by atoms with Gasteiger partial charge in [-0.25, -0.2) is 0 Å². The Labute approximate surface area is 110 Å². The normalized spacial score (nSPS) is 15.9. The van der Waals surface area contributed by atoms with Gasteiger partial charge >= 0.3 is 0 Å². The molecule has 2 rings (SSSR count). The Kier molecular flexibility index (Phi) is 5.06. The van der Waals surface area contributed by atoms with Crippen LogP contribution < -0.4 is 4.74 Å². The highest BCUT2D eigenvalue weighted by Crippen LogP contribution is 2.34. The van der Waals surface area contributed by atoms with Crippen LogP contribution in [0, 0.1) is 0 Å². The predicted octanol–water partition coefficient (Wildman–Crippen LogP) is 4.02. The van der Waals surface area contributed by atoms with Gasteiger partial charge in [-0.15, -0.1) is 0 Å². The second kappa shape index (κ2) is 6.79. The molecule has 0 fully saturated rings. The van der Waals surface area contributed by atoms with E-state index in [0.717, 1.165) is 43.6 Å². The van der Waals surface area contributed by atoms with Gasteiger partial charge in [0.05, 0.1) is 12.7 Å². The number of rotatable bonds is 6. The molecule has 0 aliphatic carbocycles. The van der Waals surface area contributed by atoms with Crippen LogP contribution in [-0.4, -0.2) is 11.7 Å². The van der Waals surface area contributed by atoms with E-state index >= 15 is 0 Å². The first-order valence-electron chi connectivity index (χ1n) is 7.25. The van der Waals surface area contributed by atoms with Crippen molar-refractivity contribution in [3.63, 3.8) is 0 Å². The predicted molar refractivity (Wildman–Crippen MR) is 74.0 cm³/mol. The number of hydrogen-bond acceptors (Lipinski definition) is 2. The average molecular weight is 248 g/mol. The summed E-state index contributed by atoms with van der Waals surface area (Å²) in [6, 6.07) is 6.16. The highest BCUT2D eigenvalue weighted by molar-refractivity contribution is 5.43. The molecule has 1 aliphatic heterocycles. The standard InChI is InChI=1S/C16H24O2/c1-2-3-4-5-11-15(17)14-10-6-8-13-9-7-12-18-16(13)14/h6,8,10,15,17H,2-5,7,9,11-12H2,1H3.